The van der Waals surface area contributed by atoms with E-state index < -0.39 is 15.6 Å². The molecular formula is C15H22N2O2S. The molecule has 1 aromatic rings. The molecular weight excluding hydrogens is 272 g/mol. The van der Waals surface area contributed by atoms with Crippen LogP contribution in [0.2, 0.25) is 0 Å². The lowest BCUT2D eigenvalue weighted by atomic mass is 9.87. The fourth-order valence-electron chi connectivity index (χ4n) is 2.97. The lowest BCUT2D eigenvalue weighted by molar-refractivity contribution is 0.467. The zero-order chi connectivity index (χ0) is 14.4. The summed E-state index contributed by atoms with van der Waals surface area (Å²) in [7, 11) is -3.19. The van der Waals surface area contributed by atoms with Crippen molar-refractivity contribution in [3.8, 4) is 0 Å². The summed E-state index contributed by atoms with van der Waals surface area (Å²) in [6, 6.07) is 6.12. The topological polar surface area (TPSA) is 58.2 Å². The van der Waals surface area contributed by atoms with Crippen LogP contribution in [0.25, 0.3) is 0 Å². The van der Waals surface area contributed by atoms with Crippen molar-refractivity contribution in [2.75, 3.05) is 11.9 Å². The maximum atomic E-state index is 12.2. The summed E-state index contributed by atoms with van der Waals surface area (Å²) in [6.07, 6.45) is 3.68. The number of hydrogen-bond donors (Lipinski definition) is 2. The molecule has 0 saturated heterocycles. The smallest absolute Gasteiger partial charge is 0.215 e. The van der Waals surface area contributed by atoms with Crippen molar-refractivity contribution >= 4 is 15.7 Å². The van der Waals surface area contributed by atoms with Crippen LogP contribution in [0.3, 0.4) is 0 Å². The van der Waals surface area contributed by atoms with Gasteiger partial charge in [-0.15, -0.1) is 0 Å². The van der Waals surface area contributed by atoms with Crippen LogP contribution in [-0.4, -0.2) is 20.2 Å². The first-order chi connectivity index (χ1) is 9.40. The summed E-state index contributed by atoms with van der Waals surface area (Å²) in [6.45, 7) is 4.90. The average Bonchev–Trinajstić information content (AvgIpc) is 3.21. The van der Waals surface area contributed by atoms with Crippen molar-refractivity contribution < 1.29 is 8.42 Å². The van der Waals surface area contributed by atoms with Crippen molar-refractivity contribution in [1.29, 1.82) is 0 Å². The second-order valence-electron chi connectivity index (χ2n) is 6.33. The lowest BCUT2D eigenvalue weighted by Gasteiger charge is -2.31. The lowest BCUT2D eigenvalue weighted by Crippen LogP contribution is -2.43. The minimum absolute atomic E-state index is 0.181. The highest BCUT2D eigenvalue weighted by Crippen LogP contribution is 2.35. The third-order valence-electron chi connectivity index (χ3n) is 4.13. The molecule has 20 heavy (non-hydrogen) atoms. The number of sulfonamides is 1. The zero-order valence-electron chi connectivity index (χ0n) is 12.1. The van der Waals surface area contributed by atoms with E-state index in [-0.39, 0.29) is 5.25 Å². The number of anilines is 1. The van der Waals surface area contributed by atoms with Crippen molar-refractivity contribution in [1.82, 2.24) is 4.72 Å². The molecule has 4 nitrogen and oxygen atoms in total. The molecule has 0 spiro atoms. The predicted molar refractivity (Wildman–Crippen MR) is 81.4 cm³/mol. The molecule has 0 atom stereocenters. The molecule has 0 unspecified atom stereocenters. The Bertz CT molecular complexity index is 619. The highest BCUT2D eigenvalue weighted by atomic mass is 32.2. The predicted octanol–water partition coefficient (Wildman–Crippen LogP) is 2.36. The van der Waals surface area contributed by atoms with E-state index in [1.807, 2.05) is 26.0 Å². The Balaban J connectivity index is 1.94. The Kier molecular flexibility index (Phi) is 3.29. The molecule has 2 aliphatic rings. The number of hydrogen-bond acceptors (Lipinski definition) is 3. The Hall–Kier alpha value is -1.07. The molecule has 0 radical (unpaired) electrons. The maximum Gasteiger partial charge on any atom is 0.215 e. The molecule has 1 aliphatic heterocycles. The quantitative estimate of drug-likeness (QED) is 0.896. The molecule has 1 aromatic carbocycles. The summed E-state index contributed by atoms with van der Waals surface area (Å²) in [5.74, 6) is 0. The van der Waals surface area contributed by atoms with Crippen LogP contribution in [0.5, 0.6) is 0 Å². The normalized spacial score (nSPS) is 19.3. The second kappa shape index (κ2) is 4.74. The van der Waals surface area contributed by atoms with Crippen molar-refractivity contribution in [3.63, 3.8) is 0 Å². The van der Waals surface area contributed by atoms with E-state index in [4.69, 9.17) is 0 Å². The van der Waals surface area contributed by atoms with E-state index in [1.54, 1.807) is 0 Å². The van der Waals surface area contributed by atoms with Crippen LogP contribution in [0.1, 0.15) is 44.2 Å². The maximum absolute atomic E-state index is 12.2. The minimum atomic E-state index is -3.19. The fraction of sp³-hybridized carbons (Fsp3) is 0.600. The summed E-state index contributed by atoms with van der Waals surface area (Å²) in [5.41, 5.74) is 2.92. The highest BCUT2D eigenvalue weighted by Gasteiger charge is 2.40. The third kappa shape index (κ3) is 2.56. The largest absolute Gasteiger partial charge is 0.385 e. The molecule has 0 aromatic heterocycles. The van der Waals surface area contributed by atoms with Crippen LogP contribution in [0, 0.1) is 0 Å². The molecule has 1 aliphatic carbocycles. The Morgan fingerprint density at radius 3 is 2.75 bits per heavy atom. The van der Waals surface area contributed by atoms with Gasteiger partial charge in [-0.05, 0) is 56.7 Å². The summed E-state index contributed by atoms with van der Waals surface area (Å²) in [4.78, 5) is 0. The monoisotopic (exact) mass is 294 g/mol. The highest BCUT2D eigenvalue weighted by molar-refractivity contribution is 7.90. The van der Waals surface area contributed by atoms with Crippen molar-refractivity contribution in [2.24, 2.45) is 0 Å². The first-order valence-electron chi connectivity index (χ1n) is 7.29. The van der Waals surface area contributed by atoms with Crippen molar-refractivity contribution in [2.45, 2.75) is 50.3 Å². The van der Waals surface area contributed by atoms with Crippen LogP contribution in [-0.2, 0) is 22.0 Å². The number of fused-ring (bicyclic) bond motifs is 1. The summed E-state index contributed by atoms with van der Waals surface area (Å²) in [5, 5.41) is 3.21. The van der Waals surface area contributed by atoms with Gasteiger partial charge in [-0.2, -0.15) is 0 Å². The molecule has 3 rings (SSSR count). The van der Waals surface area contributed by atoms with Gasteiger partial charge in [0.2, 0.25) is 10.0 Å². The first kappa shape index (κ1) is 13.9. The van der Waals surface area contributed by atoms with Crippen LogP contribution in [0.4, 0.5) is 5.69 Å². The van der Waals surface area contributed by atoms with Gasteiger partial charge in [-0.1, -0.05) is 12.1 Å². The molecule has 2 N–H and O–H groups in total. The molecule has 1 fully saturated rings. The van der Waals surface area contributed by atoms with Gasteiger partial charge in [-0.3, -0.25) is 0 Å². The van der Waals surface area contributed by atoms with Gasteiger partial charge in [0.25, 0.3) is 0 Å². The Morgan fingerprint density at radius 2 is 2.05 bits per heavy atom. The van der Waals surface area contributed by atoms with E-state index in [0.29, 0.717) is 0 Å². The van der Waals surface area contributed by atoms with Crippen molar-refractivity contribution in [3.05, 3.63) is 29.3 Å². The van der Waals surface area contributed by atoms with E-state index in [1.165, 1.54) is 5.56 Å². The van der Waals surface area contributed by atoms with E-state index in [0.717, 1.165) is 43.5 Å². The van der Waals surface area contributed by atoms with Gasteiger partial charge in [0.15, 0.2) is 0 Å². The number of nitrogens with one attached hydrogen (secondary N) is 2. The van der Waals surface area contributed by atoms with E-state index >= 15 is 0 Å². The fourth-order valence-corrected chi connectivity index (χ4v) is 4.71. The van der Waals surface area contributed by atoms with Crippen LogP contribution in [0.15, 0.2) is 18.2 Å². The number of rotatable bonds is 4. The Morgan fingerprint density at radius 1 is 1.30 bits per heavy atom. The minimum Gasteiger partial charge on any atom is -0.385 e. The number of benzene rings is 1. The van der Waals surface area contributed by atoms with Gasteiger partial charge in [0.05, 0.1) is 10.8 Å². The van der Waals surface area contributed by atoms with Crippen LogP contribution >= 0.6 is 0 Å². The Labute approximate surface area is 121 Å². The standard InChI is InChI=1S/C15H22N2O2S/c1-15(2,17-20(18,19)11-8-9-11)13-6-3-7-14-12(13)5-4-10-16-14/h3,6-7,11,16-17H,4-5,8-10H2,1-2H3. The molecule has 1 heterocycles. The zero-order valence-corrected chi connectivity index (χ0v) is 12.9. The van der Waals surface area contributed by atoms with Gasteiger partial charge in [0, 0.05) is 12.2 Å². The summed E-state index contributed by atoms with van der Waals surface area (Å²) >= 11 is 0. The average molecular weight is 294 g/mol. The SMILES string of the molecule is CC(C)(NS(=O)(=O)C1CC1)c1cccc2c1CCCN2. The summed E-state index contributed by atoms with van der Waals surface area (Å²) < 4.78 is 27.4. The molecule has 5 heteroatoms. The van der Waals surface area contributed by atoms with Gasteiger partial charge in [0.1, 0.15) is 0 Å². The van der Waals surface area contributed by atoms with Gasteiger partial charge in [-0.25, -0.2) is 13.1 Å². The van der Waals surface area contributed by atoms with E-state index in [9.17, 15) is 8.42 Å². The van der Waals surface area contributed by atoms with E-state index in [2.05, 4.69) is 16.1 Å². The molecule has 0 bridgehead atoms. The third-order valence-corrected chi connectivity index (χ3v) is 6.27. The second-order valence-corrected chi connectivity index (χ2v) is 8.29. The van der Waals surface area contributed by atoms with Crippen LogP contribution < -0.4 is 10.0 Å². The van der Waals surface area contributed by atoms with Gasteiger partial charge < -0.3 is 5.32 Å². The van der Waals surface area contributed by atoms with Gasteiger partial charge >= 0.3 is 0 Å². The molecule has 0 amide bonds. The molecule has 110 valence electrons. The first-order valence-corrected chi connectivity index (χ1v) is 8.84. The molecule has 1 saturated carbocycles.